The zero-order chi connectivity index (χ0) is 58.5. The molecule has 6 nitrogen and oxygen atoms in total. The monoisotopic (exact) mass is 1140 g/mol. The molecule has 0 aliphatic rings. The molecule has 0 rings (SSSR count). The lowest BCUT2D eigenvalue weighted by atomic mass is 10.0. The fourth-order valence-electron chi connectivity index (χ4n) is 11.7. The lowest BCUT2D eigenvalue weighted by Crippen LogP contribution is -2.30. The Bertz CT molecular complexity index is 1260. The van der Waals surface area contributed by atoms with E-state index in [2.05, 4.69) is 32.9 Å². The molecule has 0 saturated carbocycles. The first kappa shape index (κ1) is 79.2. The molecule has 480 valence electrons. The molecule has 0 N–H and O–H groups in total. The van der Waals surface area contributed by atoms with Crippen LogP contribution < -0.4 is 0 Å². The van der Waals surface area contributed by atoms with Crippen LogP contribution in [0.5, 0.6) is 0 Å². The molecule has 0 spiro atoms. The molecule has 0 aromatic rings. The lowest BCUT2D eigenvalue weighted by molar-refractivity contribution is -0.167. The number of esters is 3. The van der Waals surface area contributed by atoms with Crippen molar-refractivity contribution in [2.75, 3.05) is 13.2 Å². The molecule has 81 heavy (non-hydrogen) atoms. The second-order valence-corrected chi connectivity index (χ2v) is 25.6. The number of carbonyl (C=O) groups excluding carboxylic acids is 3. The van der Waals surface area contributed by atoms with Crippen molar-refractivity contribution in [2.24, 2.45) is 0 Å². The fourth-order valence-corrected chi connectivity index (χ4v) is 11.7. The Balaban J connectivity index is 4.03. The maximum Gasteiger partial charge on any atom is 0.306 e. The number of allylic oxidation sites excluding steroid dienone is 2. The fraction of sp³-hybridized carbons (Fsp3) is 0.933. The van der Waals surface area contributed by atoms with Crippen LogP contribution in [0.3, 0.4) is 0 Å². The molecule has 1 atom stereocenters. The predicted molar refractivity (Wildman–Crippen MR) is 353 cm³/mol. The predicted octanol–water partition coefficient (Wildman–Crippen LogP) is 25.6. The Hall–Kier alpha value is -1.85. The van der Waals surface area contributed by atoms with E-state index < -0.39 is 6.10 Å². The standard InChI is InChI=1S/C75H144O6/c1-4-7-10-13-16-19-22-24-26-28-30-32-33-34-35-36-37-38-39-40-41-42-44-45-47-49-51-53-56-59-62-65-68-74(77)80-71-72(70-79-73(76)67-64-61-58-55-21-18-15-12-9-6-3)81-75(78)69-66-63-60-57-54-52-50-48-46-43-31-29-27-25-23-20-17-14-11-8-5-2/h12,15,72H,4-11,13-14,16-71H2,1-3H3/b15-12-. The normalized spacial score (nSPS) is 12.0. The maximum absolute atomic E-state index is 12.9. The van der Waals surface area contributed by atoms with Gasteiger partial charge in [-0.3, -0.25) is 14.4 Å². The van der Waals surface area contributed by atoms with Gasteiger partial charge in [0.2, 0.25) is 0 Å². The highest BCUT2D eigenvalue weighted by Crippen LogP contribution is 2.20. The minimum absolute atomic E-state index is 0.0660. The highest BCUT2D eigenvalue weighted by molar-refractivity contribution is 5.71. The van der Waals surface area contributed by atoms with Crippen molar-refractivity contribution in [3.63, 3.8) is 0 Å². The molecular weight excluding hydrogens is 997 g/mol. The average Bonchev–Trinajstić information content (AvgIpc) is 3.47. The molecule has 0 fully saturated rings. The van der Waals surface area contributed by atoms with E-state index >= 15 is 0 Å². The van der Waals surface area contributed by atoms with Crippen LogP contribution in [0.2, 0.25) is 0 Å². The molecule has 0 amide bonds. The van der Waals surface area contributed by atoms with E-state index in [1.54, 1.807) is 0 Å². The third kappa shape index (κ3) is 68.8. The van der Waals surface area contributed by atoms with Crippen LogP contribution in [0.1, 0.15) is 432 Å². The summed E-state index contributed by atoms with van der Waals surface area (Å²) in [6.07, 6.45) is 85.7. The zero-order valence-electron chi connectivity index (χ0n) is 55.4. The number of ether oxygens (including phenoxy) is 3. The molecule has 0 saturated heterocycles. The van der Waals surface area contributed by atoms with Gasteiger partial charge in [0.1, 0.15) is 13.2 Å². The lowest BCUT2D eigenvalue weighted by Gasteiger charge is -2.18. The van der Waals surface area contributed by atoms with Crippen molar-refractivity contribution in [3.8, 4) is 0 Å². The summed E-state index contributed by atoms with van der Waals surface area (Å²) in [7, 11) is 0. The van der Waals surface area contributed by atoms with Gasteiger partial charge in [-0.05, 0) is 38.5 Å². The van der Waals surface area contributed by atoms with Gasteiger partial charge in [-0.1, -0.05) is 386 Å². The van der Waals surface area contributed by atoms with Crippen molar-refractivity contribution in [2.45, 2.75) is 438 Å². The number of hydrogen-bond donors (Lipinski definition) is 0. The van der Waals surface area contributed by atoms with Crippen molar-refractivity contribution >= 4 is 17.9 Å². The summed E-state index contributed by atoms with van der Waals surface area (Å²) in [5, 5.41) is 0. The third-order valence-electron chi connectivity index (χ3n) is 17.3. The van der Waals surface area contributed by atoms with Crippen LogP contribution in [0, 0.1) is 0 Å². The molecule has 6 heteroatoms. The first-order valence-corrected chi connectivity index (χ1v) is 37.2. The second kappa shape index (κ2) is 70.6. The SMILES string of the molecule is CCC/C=C\CCCCCCCC(=O)OCC(COC(=O)CCCCCCCCCCCCCCCCCCCCCCCCCCCCCCCCCC)OC(=O)CCCCCCCCCCCCCCCCCCCCCCC. The smallest absolute Gasteiger partial charge is 0.306 e. The van der Waals surface area contributed by atoms with Crippen LogP contribution in [0.25, 0.3) is 0 Å². The van der Waals surface area contributed by atoms with Gasteiger partial charge in [-0.15, -0.1) is 0 Å². The number of carbonyl (C=O) groups is 3. The van der Waals surface area contributed by atoms with Crippen molar-refractivity contribution in [1.29, 1.82) is 0 Å². The van der Waals surface area contributed by atoms with Gasteiger partial charge in [-0.2, -0.15) is 0 Å². The number of hydrogen-bond acceptors (Lipinski definition) is 6. The first-order chi connectivity index (χ1) is 40.0. The van der Waals surface area contributed by atoms with Gasteiger partial charge in [-0.25, -0.2) is 0 Å². The second-order valence-electron chi connectivity index (χ2n) is 25.6. The molecule has 0 bridgehead atoms. The molecular formula is C75H144O6. The van der Waals surface area contributed by atoms with Crippen LogP contribution in [-0.2, 0) is 28.6 Å². The van der Waals surface area contributed by atoms with E-state index in [9.17, 15) is 14.4 Å². The first-order valence-electron chi connectivity index (χ1n) is 37.2. The quantitative estimate of drug-likeness (QED) is 0.0261. The Kier molecular flexibility index (Phi) is 69.0. The Labute approximate surface area is 507 Å². The Morgan fingerprint density at radius 2 is 0.432 bits per heavy atom. The van der Waals surface area contributed by atoms with E-state index in [4.69, 9.17) is 14.2 Å². The molecule has 0 radical (unpaired) electrons. The van der Waals surface area contributed by atoms with Gasteiger partial charge >= 0.3 is 17.9 Å². The Morgan fingerprint density at radius 1 is 0.235 bits per heavy atom. The van der Waals surface area contributed by atoms with E-state index in [1.165, 1.54) is 321 Å². The van der Waals surface area contributed by atoms with Crippen LogP contribution in [0.15, 0.2) is 12.2 Å². The van der Waals surface area contributed by atoms with Crippen LogP contribution >= 0.6 is 0 Å². The largest absolute Gasteiger partial charge is 0.462 e. The summed E-state index contributed by atoms with van der Waals surface area (Å²) >= 11 is 0. The third-order valence-corrected chi connectivity index (χ3v) is 17.3. The molecule has 1 unspecified atom stereocenters. The van der Waals surface area contributed by atoms with Gasteiger partial charge < -0.3 is 14.2 Å². The van der Waals surface area contributed by atoms with Crippen molar-refractivity contribution < 1.29 is 28.6 Å². The summed E-state index contributed by atoms with van der Waals surface area (Å²) in [4.78, 5) is 38.3. The summed E-state index contributed by atoms with van der Waals surface area (Å²) in [5.41, 5.74) is 0. The highest BCUT2D eigenvalue weighted by atomic mass is 16.6. The molecule has 0 aliphatic carbocycles. The topological polar surface area (TPSA) is 78.9 Å². The van der Waals surface area contributed by atoms with Crippen LogP contribution in [0.4, 0.5) is 0 Å². The average molecular weight is 1140 g/mol. The molecule has 0 aliphatic heterocycles. The van der Waals surface area contributed by atoms with Crippen LogP contribution in [-0.4, -0.2) is 37.2 Å². The summed E-state index contributed by atoms with van der Waals surface area (Å²) < 4.78 is 17.0. The van der Waals surface area contributed by atoms with Crippen molar-refractivity contribution in [1.82, 2.24) is 0 Å². The van der Waals surface area contributed by atoms with E-state index in [0.717, 1.165) is 70.6 Å². The van der Waals surface area contributed by atoms with Crippen molar-refractivity contribution in [3.05, 3.63) is 12.2 Å². The highest BCUT2D eigenvalue weighted by Gasteiger charge is 2.20. The molecule has 0 aromatic carbocycles. The molecule has 0 heterocycles. The van der Waals surface area contributed by atoms with E-state index in [1.807, 2.05) is 0 Å². The van der Waals surface area contributed by atoms with E-state index in [0.29, 0.717) is 19.3 Å². The summed E-state index contributed by atoms with van der Waals surface area (Å²) in [5.74, 6) is -0.843. The minimum atomic E-state index is -0.769. The number of rotatable bonds is 70. The summed E-state index contributed by atoms with van der Waals surface area (Å²) in [6, 6.07) is 0. The van der Waals surface area contributed by atoms with Gasteiger partial charge in [0.05, 0.1) is 0 Å². The maximum atomic E-state index is 12.9. The number of unbranched alkanes of at least 4 members (excludes halogenated alkanes) is 57. The summed E-state index contributed by atoms with van der Waals surface area (Å²) in [6.45, 7) is 6.66. The Morgan fingerprint density at radius 3 is 0.667 bits per heavy atom. The van der Waals surface area contributed by atoms with Gasteiger partial charge in [0.25, 0.3) is 0 Å². The molecule has 0 aromatic heterocycles. The zero-order valence-corrected chi connectivity index (χ0v) is 55.4. The van der Waals surface area contributed by atoms with E-state index in [-0.39, 0.29) is 31.1 Å². The minimum Gasteiger partial charge on any atom is -0.462 e. The van der Waals surface area contributed by atoms with Gasteiger partial charge in [0, 0.05) is 19.3 Å². The van der Waals surface area contributed by atoms with Gasteiger partial charge in [0.15, 0.2) is 6.10 Å².